The summed E-state index contributed by atoms with van der Waals surface area (Å²) in [5, 5.41) is 8.36. The van der Waals surface area contributed by atoms with Crippen molar-refractivity contribution in [3.63, 3.8) is 0 Å². The molecule has 0 saturated carbocycles. The van der Waals surface area contributed by atoms with Crippen LogP contribution in [0, 0.1) is 6.07 Å². The average molecular weight is 449 g/mol. The molecule has 0 atom stereocenters. The molecule has 0 saturated heterocycles. The SMILES string of the molecule is CC(=O)/C=C(/C)O.[Pt].[c-]1ccccc1-c1ccccn1. The predicted molar refractivity (Wildman–Crippen MR) is 75.6 cm³/mol. The third-order valence-electron chi connectivity index (χ3n) is 2.06. The van der Waals surface area contributed by atoms with Crippen LogP contribution in [0.25, 0.3) is 11.3 Å². The summed E-state index contributed by atoms with van der Waals surface area (Å²) in [5.41, 5.74) is 2.01. The molecule has 0 spiro atoms. The standard InChI is InChI=1S/C11H8N.C5H8O2.Pt/c1-2-6-10(7-3-1)11-8-4-5-9-12-11;1-4(6)3-5(2)7;/h1-6,8-9H;3,6H,1-2H3;/q-1;;/b;4-3-;. The maximum Gasteiger partial charge on any atom is 0.155 e. The van der Waals surface area contributed by atoms with Crippen molar-refractivity contribution in [2.24, 2.45) is 0 Å². The molecule has 1 aromatic heterocycles. The van der Waals surface area contributed by atoms with Gasteiger partial charge in [-0.3, -0.25) is 4.79 Å². The molecule has 0 fully saturated rings. The largest absolute Gasteiger partial charge is 0.512 e. The Morgan fingerprint density at radius 2 is 1.90 bits per heavy atom. The maximum absolute atomic E-state index is 10.0. The Morgan fingerprint density at radius 1 is 1.20 bits per heavy atom. The van der Waals surface area contributed by atoms with Crippen molar-refractivity contribution >= 4 is 5.78 Å². The van der Waals surface area contributed by atoms with Crippen LogP contribution in [0.4, 0.5) is 0 Å². The third-order valence-corrected chi connectivity index (χ3v) is 2.06. The molecular formula is C16H16NO2Pt-. The first-order valence-corrected chi connectivity index (χ1v) is 5.85. The number of allylic oxidation sites excluding steroid dienone is 2. The zero-order valence-electron chi connectivity index (χ0n) is 11.3. The number of aliphatic hydroxyl groups excluding tert-OH is 1. The van der Waals surface area contributed by atoms with Gasteiger partial charge < -0.3 is 10.1 Å². The smallest absolute Gasteiger partial charge is 0.155 e. The van der Waals surface area contributed by atoms with E-state index in [1.54, 1.807) is 6.20 Å². The third kappa shape index (κ3) is 7.65. The molecule has 0 unspecified atom stereocenters. The molecule has 2 aromatic rings. The van der Waals surface area contributed by atoms with Gasteiger partial charge in [0.25, 0.3) is 0 Å². The zero-order chi connectivity index (χ0) is 14.1. The second kappa shape index (κ2) is 10.1. The quantitative estimate of drug-likeness (QED) is 0.433. The van der Waals surface area contributed by atoms with E-state index in [0.29, 0.717) is 0 Å². The summed E-state index contributed by atoms with van der Waals surface area (Å²) in [4.78, 5) is 14.2. The molecule has 0 aliphatic heterocycles. The summed E-state index contributed by atoms with van der Waals surface area (Å²) >= 11 is 0. The Hall–Kier alpha value is -1.73. The van der Waals surface area contributed by atoms with E-state index in [4.69, 9.17) is 5.11 Å². The van der Waals surface area contributed by atoms with Crippen molar-refractivity contribution in [1.29, 1.82) is 0 Å². The van der Waals surface area contributed by atoms with Crippen molar-refractivity contribution in [1.82, 2.24) is 4.98 Å². The minimum absolute atomic E-state index is 0. The Labute approximate surface area is 133 Å². The first kappa shape index (κ1) is 18.3. The number of ketones is 1. The fraction of sp³-hybridized carbons (Fsp3) is 0.125. The number of nitrogens with zero attached hydrogens (tertiary/aromatic N) is 1. The minimum Gasteiger partial charge on any atom is -0.512 e. The molecular weight excluding hydrogens is 433 g/mol. The number of hydrogen-bond donors (Lipinski definition) is 1. The molecule has 0 aliphatic carbocycles. The van der Waals surface area contributed by atoms with Crippen molar-refractivity contribution in [3.05, 3.63) is 66.6 Å². The number of aliphatic hydroxyl groups is 1. The average Bonchev–Trinajstić information content (AvgIpc) is 2.40. The van der Waals surface area contributed by atoms with Crippen LogP contribution in [0.3, 0.4) is 0 Å². The molecule has 4 heteroatoms. The first-order chi connectivity index (χ1) is 9.09. The molecule has 0 aliphatic rings. The van der Waals surface area contributed by atoms with Crippen molar-refractivity contribution in [3.8, 4) is 11.3 Å². The van der Waals surface area contributed by atoms with Gasteiger partial charge >= 0.3 is 0 Å². The number of benzene rings is 1. The minimum atomic E-state index is -0.125. The van der Waals surface area contributed by atoms with E-state index in [9.17, 15) is 4.79 Å². The van der Waals surface area contributed by atoms with E-state index in [1.807, 2.05) is 42.5 Å². The van der Waals surface area contributed by atoms with Crippen LogP contribution < -0.4 is 0 Å². The fourth-order valence-corrected chi connectivity index (χ4v) is 1.37. The van der Waals surface area contributed by atoms with Gasteiger partial charge in [-0.1, -0.05) is 12.1 Å². The van der Waals surface area contributed by atoms with Gasteiger partial charge in [-0.05, 0) is 25.6 Å². The topological polar surface area (TPSA) is 50.2 Å². The summed E-state index contributed by atoms with van der Waals surface area (Å²) in [6.45, 7) is 2.85. The van der Waals surface area contributed by atoms with Gasteiger partial charge in [-0.15, -0.1) is 35.9 Å². The number of pyridine rings is 1. The molecule has 0 bridgehead atoms. The van der Waals surface area contributed by atoms with Gasteiger partial charge in [0.05, 0.1) is 5.76 Å². The second-order valence-corrected chi connectivity index (χ2v) is 3.89. The Morgan fingerprint density at radius 3 is 2.30 bits per heavy atom. The van der Waals surface area contributed by atoms with Crippen LogP contribution >= 0.6 is 0 Å². The van der Waals surface area contributed by atoms with Crippen LogP contribution in [0.15, 0.2) is 60.5 Å². The predicted octanol–water partition coefficient (Wildman–Crippen LogP) is 3.58. The first-order valence-electron chi connectivity index (χ1n) is 5.85. The van der Waals surface area contributed by atoms with E-state index in [1.165, 1.54) is 19.9 Å². The number of aromatic nitrogens is 1. The van der Waals surface area contributed by atoms with Gasteiger partial charge in [-0.25, -0.2) is 0 Å². The van der Waals surface area contributed by atoms with Crippen LogP contribution in [0.1, 0.15) is 13.8 Å². The molecule has 20 heavy (non-hydrogen) atoms. The number of hydrogen-bond acceptors (Lipinski definition) is 3. The summed E-state index contributed by atoms with van der Waals surface area (Å²) in [7, 11) is 0. The van der Waals surface area contributed by atoms with Crippen molar-refractivity contribution in [2.45, 2.75) is 13.8 Å². The Kier molecular flexibility index (Phi) is 9.23. The van der Waals surface area contributed by atoms with Crippen LogP contribution in [0.2, 0.25) is 0 Å². The molecule has 1 aromatic carbocycles. The summed E-state index contributed by atoms with van der Waals surface area (Å²) in [6, 6.07) is 16.8. The van der Waals surface area contributed by atoms with E-state index >= 15 is 0 Å². The monoisotopic (exact) mass is 449 g/mol. The van der Waals surface area contributed by atoms with Gasteiger partial charge in [-0.2, -0.15) is 0 Å². The van der Waals surface area contributed by atoms with E-state index in [0.717, 1.165) is 11.3 Å². The van der Waals surface area contributed by atoms with Crippen molar-refractivity contribution in [2.75, 3.05) is 0 Å². The zero-order valence-corrected chi connectivity index (χ0v) is 13.6. The van der Waals surface area contributed by atoms with E-state index in [2.05, 4.69) is 11.1 Å². The second-order valence-electron chi connectivity index (χ2n) is 3.89. The normalized spacial score (nSPS) is 9.80. The Bertz CT molecular complexity index is 497. The van der Waals surface area contributed by atoms with Gasteiger partial charge in [0.2, 0.25) is 0 Å². The molecule has 0 amide bonds. The van der Waals surface area contributed by atoms with Crippen LogP contribution in [0.5, 0.6) is 0 Å². The maximum atomic E-state index is 10.0. The molecule has 108 valence electrons. The number of carbonyl (C=O) groups excluding carboxylic acids is 1. The number of rotatable bonds is 2. The summed E-state index contributed by atoms with van der Waals surface area (Å²) in [6.07, 6.45) is 2.95. The molecule has 0 radical (unpaired) electrons. The van der Waals surface area contributed by atoms with Gasteiger partial charge in [0.15, 0.2) is 5.78 Å². The molecule has 1 N–H and O–H groups in total. The van der Waals surface area contributed by atoms with E-state index < -0.39 is 0 Å². The number of carbonyl (C=O) groups is 1. The summed E-state index contributed by atoms with van der Waals surface area (Å²) in [5.74, 6) is -0.0625. The van der Waals surface area contributed by atoms with Crippen molar-refractivity contribution < 1.29 is 31.0 Å². The Balaban J connectivity index is 0.000000396. The van der Waals surface area contributed by atoms with E-state index in [-0.39, 0.29) is 32.6 Å². The van der Waals surface area contributed by atoms with Gasteiger partial charge in [0, 0.05) is 33.3 Å². The van der Waals surface area contributed by atoms with Crippen LogP contribution in [-0.2, 0) is 25.9 Å². The molecule has 3 nitrogen and oxygen atoms in total. The molecule has 1 heterocycles. The van der Waals surface area contributed by atoms with Gasteiger partial charge in [0.1, 0.15) is 0 Å². The fourth-order valence-electron chi connectivity index (χ4n) is 1.37. The van der Waals surface area contributed by atoms with Crippen LogP contribution in [-0.4, -0.2) is 15.9 Å². The molecule has 2 rings (SSSR count). The summed E-state index contributed by atoms with van der Waals surface area (Å²) < 4.78 is 0.